The highest BCUT2D eigenvalue weighted by Crippen LogP contribution is 1.88. The summed E-state index contributed by atoms with van der Waals surface area (Å²) in [4.78, 5) is 13.4. The molecule has 0 fully saturated rings. The molecule has 0 saturated carbocycles. The van der Waals surface area contributed by atoms with Crippen molar-refractivity contribution in [3.8, 4) is 0 Å². The Labute approximate surface area is 202 Å². The van der Waals surface area contributed by atoms with E-state index in [2.05, 4.69) is 24.3 Å². The first-order chi connectivity index (χ1) is 16.2. The largest absolute Gasteiger partial charge is 0.379 e. The predicted octanol–water partition coefficient (Wildman–Crippen LogP) is 1.22. The molecule has 0 aliphatic rings. The fraction of sp³-hybridized carbons (Fsp3) is 0.957. The van der Waals surface area contributed by atoms with E-state index in [4.69, 9.17) is 33.2 Å². The molecule has 0 aromatic heterocycles. The van der Waals surface area contributed by atoms with E-state index in [1.807, 2.05) is 6.92 Å². The summed E-state index contributed by atoms with van der Waals surface area (Å²) in [5, 5.41) is 2.79. The van der Waals surface area contributed by atoms with Gasteiger partial charge < -0.3 is 43.4 Å². The zero-order valence-electron chi connectivity index (χ0n) is 21.1. The van der Waals surface area contributed by atoms with Crippen molar-refractivity contribution in [2.24, 2.45) is 0 Å². The van der Waals surface area contributed by atoms with E-state index in [1.165, 1.54) is 0 Å². The summed E-state index contributed by atoms with van der Waals surface area (Å²) in [7, 11) is 4.11. The third kappa shape index (κ3) is 29.1. The van der Waals surface area contributed by atoms with Crippen LogP contribution < -0.4 is 5.32 Å². The van der Waals surface area contributed by atoms with Gasteiger partial charge in [0.05, 0.1) is 85.9 Å². The average molecular weight is 483 g/mol. The van der Waals surface area contributed by atoms with Crippen LogP contribution in [-0.4, -0.2) is 130 Å². The second kappa shape index (κ2) is 27.4. The molecule has 0 unspecified atom stereocenters. The van der Waals surface area contributed by atoms with Crippen LogP contribution in [-0.2, 0) is 38.0 Å². The summed E-state index contributed by atoms with van der Waals surface area (Å²) in [6, 6.07) is 0. The van der Waals surface area contributed by atoms with Gasteiger partial charge in [-0.05, 0) is 33.5 Å². The van der Waals surface area contributed by atoms with Gasteiger partial charge in [0.1, 0.15) is 0 Å². The summed E-state index contributed by atoms with van der Waals surface area (Å²) >= 11 is 0. The van der Waals surface area contributed by atoms with E-state index in [-0.39, 0.29) is 7.33 Å². The lowest BCUT2D eigenvalue weighted by Gasteiger charge is -2.10. The Balaban J connectivity index is 0. The predicted molar refractivity (Wildman–Crippen MR) is 129 cm³/mol. The molecule has 0 spiro atoms. The van der Waals surface area contributed by atoms with Gasteiger partial charge in [-0.1, -0.05) is 6.92 Å². The van der Waals surface area contributed by atoms with Crippen LogP contribution in [0.5, 0.6) is 0 Å². The van der Waals surface area contributed by atoms with E-state index >= 15 is 0 Å². The van der Waals surface area contributed by atoms with E-state index in [0.717, 1.165) is 26.0 Å². The Morgan fingerprint density at radius 2 is 1.00 bits per heavy atom. The van der Waals surface area contributed by atoms with Gasteiger partial charge in [0.2, 0.25) is 5.91 Å². The molecule has 0 rings (SSSR count). The molecule has 1 N–H and O–H groups in total. The molecule has 0 aliphatic carbocycles. The Hall–Kier alpha value is -0.850. The fourth-order valence-electron chi connectivity index (χ4n) is 2.48. The monoisotopic (exact) mass is 482 g/mol. The lowest BCUT2D eigenvalue weighted by Crippen LogP contribution is -2.27. The van der Waals surface area contributed by atoms with Crippen LogP contribution in [0.3, 0.4) is 0 Å². The third-order valence-electron chi connectivity index (χ3n) is 4.17. The highest BCUT2D eigenvalue weighted by atomic mass is 16.6. The van der Waals surface area contributed by atoms with Crippen molar-refractivity contribution in [1.82, 2.24) is 10.2 Å². The smallest absolute Gasteiger partial charge is 0.220 e. The van der Waals surface area contributed by atoms with Crippen LogP contribution in [0.2, 0.25) is 0 Å². The van der Waals surface area contributed by atoms with Crippen molar-refractivity contribution in [2.75, 3.05) is 120 Å². The Morgan fingerprint density at radius 1 is 0.636 bits per heavy atom. The number of nitrogens with zero attached hydrogens (tertiary/aromatic N) is 1. The van der Waals surface area contributed by atoms with Crippen LogP contribution >= 0.6 is 0 Å². The first kappa shape index (κ1) is 32.1. The van der Waals surface area contributed by atoms with Crippen molar-refractivity contribution in [2.45, 2.75) is 26.2 Å². The van der Waals surface area contributed by atoms with Gasteiger partial charge in [-0.25, -0.2) is 0 Å². The maximum absolute atomic E-state index is 11.3. The normalized spacial score (nSPS) is 11.4. The molecule has 0 aromatic carbocycles. The Morgan fingerprint density at radius 3 is 1.36 bits per heavy atom. The summed E-state index contributed by atoms with van der Waals surface area (Å²) in [6.07, 6.45) is 2.45. The van der Waals surface area contributed by atoms with Gasteiger partial charge in [0.25, 0.3) is 0 Å². The topological polar surface area (TPSA) is 97.0 Å². The molecule has 0 heterocycles. The van der Waals surface area contributed by atoms with Crippen molar-refractivity contribution >= 4 is 5.91 Å². The molecule has 10 nitrogen and oxygen atoms in total. The van der Waals surface area contributed by atoms with Gasteiger partial charge in [-0.15, -0.1) is 0 Å². The van der Waals surface area contributed by atoms with Crippen LogP contribution in [0.25, 0.3) is 0 Å². The zero-order chi connectivity index (χ0) is 24.2. The fourth-order valence-corrected chi connectivity index (χ4v) is 2.48. The number of carbonyl (C=O) groups excluding carboxylic acids is 1. The van der Waals surface area contributed by atoms with E-state index < -0.39 is 0 Å². The molecule has 33 heavy (non-hydrogen) atoms. The van der Waals surface area contributed by atoms with Crippen molar-refractivity contribution in [3.63, 3.8) is 0 Å². The van der Waals surface area contributed by atoms with Gasteiger partial charge in [0, 0.05) is 21.0 Å². The Bertz CT molecular complexity index is 409. The number of rotatable bonds is 27. The van der Waals surface area contributed by atoms with Gasteiger partial charge in [0.15, 0.2) is 0 Å². The van der Waals surface area contributed by atoms with Gasteiger partial charge in [-0.2, -0.15) is 0 Å². The van der Waals surface area contributed by atoms with Crippen LogP contribution in [0.4, 0.5) is 0 Å². The minimum Gasteiger partial charge on any atom is -0.379 e. The molecule has 200 valence electrons. The SMILES string of the molecule is CCCC(=O)NCCOCCOCCOCCOCCOCCOCCOCCCN(C)C.[HH]. The van der Waals surface area contributed by atoms with Gasteiger partial charge in [-0.3, -0.25) is 4.79 Å². The number of hydrogen-bond donors (Lipinski definition) is 1. The summed E-state index contributed by atoms with van der Waals surface area (Å²) < 4.78 is 38.0. The number of nitrogens with one attached hydrogen (secondary N) is 1. The molecule has 0 atom stereocenters. The lowest BCUT2D eigenvalue weighted by molar-refractivity contribution is -0.121. The molecule has 10 heteroatoms. The third-order valence-corrected chi connectivity index (χ3v) is 4.17. The average Bonchev–Trinajstić information content (AvgIpc) is 2.79. The maximum atomic E-state index is 11.3. The number of amides is 1. The van der Waals surface area contributed by atoms with Crippen molar-refractivity contribution in [1.29, 1.82) is 0 Å². The van der Waals surface area contributed by atoms with Crippen molar-refractivity contribution < 1.29 is 39.4 Å². The highest BCUT2D eigenvalue weighted by molar-refractivity contribution is 5.75. The van der Waals surface area contributed by atoms with Crippen LogP contribution in [0.1, 0.15) is 27.6 Å². The minimum atomic E-state index is 0. The molecule has 0 saturated heterocycles. The molecule has 0 aromatic rings. The molecule has 0 aliphatic heterocycles. The van der Waals surface area contributed by atoms with Crippen LogP contribution in [0.15, 0.2) is 0 Å². The van der Waals surface area contributed by atoms with E-state index in [0.29, 0.717) is 98.9 Å². The Kier molecular flexibility index (Phi) is 26.7. The first-order valence-corrected chi connectivity index (χ1v) is 12.1. The van der Waals surface area contributed by atoms with E-state index in [9.17, 15) is 4.79 Å². The first-order valence-electron chi connectivity index (χ1n) is 12.1. The van der Waals surface area contributed by atoms with Crippen LogP contribution in [0, 0.1) is 0 Å². The number of carbonyl (C=O) groups is 1. The minimum absolute atomic E-state index is 0. The zero-order valence-corrected chi connectivity index (χ0v) is 21.1. The second-order valence-corrected chi connectivity index (χ2v) is 7.54. The summed E-state index contributed by atoms with van der Waals surface area (Å²) in [5.41, 5.74) is 0. The quantitative estimate of drug-likeness (QED) is 0.173. The lowest BCUT2D eigenvalue weighted by atomic mass is 10.3. The molecular formula is C23H50N2O8. The highest BCUT2D eigenvalue weighted by Gasteiger charge is 1.98. The molecule has 1 amide bonds. The summed E-state index contributed by atoms with van der Waals surface area (Å²) in [6.45, 7) is 11.3. The number of hydrogen-bond acceptors (Lipinski definition) is 9. The standard InChI is InChI=1S/C23H48N2O8.H2/c1-4-6-23(26)24-7-10-28-12-14-30-16-18-32-20-22-33-21-19-31-17-15-29-13-11-27-9-5-8-25(2)3;/h4-22H2,1-3H3,(H,24,26);1H. The van der Waals surface area contributed by atoms with E-state index in [1.54, 1.807) is 0 Å². The number of ether oxygens (including phenoxy) is 7. The van der Waals surface area contributed by atoms with Gasteiger partial charge >= 0.3 is 0 Å². The summed E-state index contributed by atoms with van der Waals surface area (Å²) in [5.74, 6) is 0.0689. The molecule has 0 bridgehead atoms. The maximum Gasteiger partial charge on any atom is 0.220 e. The van der Waals surface area contributed by atoms with Crippen molar-refractivity contribution in [3.05, 3.63) is 0 Å². The molecule has 0 radical (unpaired) electrons. The molecular weight excluding hydrogens is 432 g/mol. The second-order valence-electron chi connectivity index (χ2n) is 7.54.